The molecule has 4 aromatic rings. The quantitative estimate of drug-likeness (QED) is 0.166. The first-order valence-electron chi connectivity index (χ1n) is 10.0. The van der Waals surface area contributed by atoms with Gasteiger partial charge in [-0.25, -0.2) is 4.99 Å². The molecule has 3 nitrogen and oxygen atoms in total. The van der Waals surface area contributed by atoms with Crippen LogP contribution < -0.4 is 4.80 Å². The predicted octanol–water partition coefficient (Wildman–Crippen LogP) is 8.63. The van der Waals surface area contributed by atoms with Crippen LogP contribution in [0.2, 0.25) is 5.02 Å². The molecule has 0 saturated carbocycles. The van der Waals surface area contributed by atoms with Crippen molar-refractivity contribution in [2.45, 2.75) is 28.8 Å². The van der Waals surface area contributed by atoms with Gasteiger partial charge in [0, 0.05) is 15.3 Å². The monoisotopic (exact) mass is 566 g/mol. The third-order valence-corrected chi connectivity index (χ3v) is 7.00. The van der Waals surface area contributed by atoms with Crippen LogP contribution in [-0.4, -0.2) is 21.9 Å². The fraction of sp³-hybridized carbons (Fsp3) is 0.174. The number of benzene rings is 2. The summed E-state index contributed by atoms with van der Waals surface area (Å²) in [6.07, 6.45) is -4.86. The molecule has 0 radical (unpaired) electrons. The van der Waals surface area contributed by atoms with Gasteiger partial charge in [0.05, 0.1) is 24.2 Å². The molecule has 0 saturated heterocycles. The Morgan fingerprint density at radius 1 is 0.917 bits per heavy atom. The van der Waals surface area contributed by atoms with Gasteiger partial charge in [-0.3, -0.25) is 0 Å². The molecular formula is C23H14ClF7N2OS2. The molecule has 0 N–H and O–H groups in total. The molecule has 0 spiro atoms. The maximum absolute atomic E-state index is 13.7. The highest BCUT2D eigenvalue weighted by Gasteiger charge is 2.73. The smallest absolute Gasteiger partial charge is 0.460 e. The van der Waals surface area contributed by atoms with Crippen LogP contribution >= 0.6 is 34.7 Å². The lowest BCUT2D eigenvalue weighted by atomic mass is 10.2. The first-order chi connectivity index (χ1) is 16.9. The van der Waals surface area contributed by atoms with Gasteiger partial charge in [0.2, 0.25) is 0 Å². The lowest BCUT2D eigenvalue weighted by molar-refractivity contribution is -0.330. The fourth-order valence-corrected chi connectivity index (χ4v) is 4.92. The molecule has 2 aromatic heterocycles. The van der Waals surface area contributed by atoms with E-state index in [1.807, 2.05) is 22.1 Å². The van der Waals surface area contributed by atoms with Crippen LogP contribution in [0.5, 0.6) is 0 Å². The number of furan rings is 1. The van der Waals surface area contributed by atoms with Crippen molar-refractivity contribution >= 4 is 40.4 Å². The highest BCUT2D eigenvalue weighted by atomic mass is 35.5. The summed E-state index contributed by atoms with van der Waals surface area (Å²) in [7, 11) is 0. The average molecular weight is 567 g/mol. The second kappa shape index (κ2) is 9.98. The average Bonchev–Trinajstić information content (AvgIpc) is 3.45. The van der Waals surface area contributed by atoms with Crippen LogP contribution in [-0.2, 0) is 6.54 Å². The maximum Gasteiger partial charge on any atom is 0.460 e. The van der Waals surface area contributed by atoms with Crippen LogP contribution in [0.15, 0.2) is 86.6 Å². The summed E-state index contributed by atoms with van der Waals surface area (Å²) in [5.41, 5.74) is 1.93. The van der Waals surface area contributed by atoms with E-state index in [2.05, 4.69) is 4.99 Å². The Labute approximate surface area is 212 Å². The van der Waals surface area contributed by atoms with Crippen LogP contribution in [0.3, 0.4) is 0 Å². The Morgan fingerprint density at radius 2 is 1.58 bits per heavy atom. The number of nitrogens with zero attached hydrogens (tertiary/aromatic N) is 2. The molecule has 0 bridgehead atoms. The third kappa shape index (κ3) is 5.50. The maximum atomic E-state index is 13.7. The number of thiazole rings is 1. The number of hydrogen-bond donors (Lipinski definition) is 0. The number of rotatable bonds is 7. The summed E-state index contributed by atoms with van der Waals surface area (Å²) in [6, 6.07) is 15.2. The van der Waals surface area contributed by atoms with Gasteiger partial charge in [-0.05, 0) is 65.9 Å². The zero-order valence-electron chi connectivity index (χ0n) is 17.8. The highest BCUT2D eigenvalue weighted by Crippen LogP contribution is 2.53. The number of thioether (sulfide) groups is 1. The minimum Gasteiger partial charge on any atom is -0.467 e. The SMILES string of the molecule is FC(F)(F)C(F)(F)C(F)(F)Sc1ccc(N=c2scc(-c3ccc(Cl)cc3)n2Cc2ccco2)cc1. The van der Waals surface area contributed by atoms with Crippen molar-refractivity contribution < 1.29 is 35.2 Å². The van der Waals surface area contributed by atoms with Gasteiger partial charge >= 0.3 is 17.4 Å². The van der Waals surface area contributed by atoms with E-state index in [9.17, 15) is 30.7 Å². The minimum atomic E-state index is -6.39. The number of hydrogen-bond acceptors (Lipinski definition) is 4. The van der Waals surface area contributed by atoms with Crippen molar-refractivity contribution in [1.29, 1.82) is 0 Å². The Balaban J connectivity index is 1.65. The van der Waals surface area contributed by atoms with Crippen molar-refractivity contribution in [3.8, 4) is 11.3 Å². The molecule has 0 aliphatic rings. The minimum absolute atomic E-state index is 0.281. The van der Waals surface area contributed by atoms with E-state index >= 15 is 0 Å². The predicted molar refractivity (Wildman–Crippen MR) is 124 cm³/mol. The molecule has 2 heterocycles. The largest absolute Gasteiger partial charge is 0.467 e. The third-order valence-electron chi connectivity index (χ3n) is 4.86. The topological polar surface area (TPSA) is 30.4 Å². The van der Waals surface area contributed by atoms with Crippen molar-refractivity contribution in [3.05, 3.63) is 87.9 Å². The second-order valence-electron chi connectivity index (χ2n) is 7.37. The molecule has 2 aromatic carbocycles. The van der Waals surface area contributed by atoms with Gasteiger partial charge in [0.25, 0.3) is 0 Å². The van der Waals surface area contributed by atoms with Crippen molar-refractivity contribution in [1.82, 2.24) is 4.57 Å². The lowest BCUT2D eigenvalue weighted by Crippen LogP contribution is -2.49. The van der Waals surface area contributed by atoms with Gasteiger partial charge in [-0.2, -0.15) is 30.7 Å². The number of alkyl halides is 7. The van der Waals surface area contributed by atoms with Crippen LogP contribution in [0.4, 0.5) is 36.4 Å². The molecule has 190 valence electrons. The van der Waals surface area contributed by atoms with Gasteiger partial charge in [-0.15, -0.1) is 11.3 Å². The van der Waals surface area contributed by atoms with Crippen LogP contribution in [0.1, 0.15) is 5.76 Å². The molecule has 0 aliphatic heterocycles. The van der Waals surface area contributed by atoms with Gasteiger partial charge in [0.1, 0.15) is 5.76 Å². The van der Waals surface area contributed by atoms with E-state index in [4.69, 9.17) is 16.0 Å². The molecule has 0 aliphatic carbocycles. The molecule has 0 atom stereocenters. The highest BCUT2D eigenvalue weighted by molar-refractivity contribution is 8.00. The lowest BCUT2D eigenvalue weighted by Gasteiger charge is -2.27. The zero-order valence-corrected chi connectivity index (χ0v) is 20.2. The van der Waals surface area contributed by atoms with E-state index in [1.54, 1.807) is 24.3 Å². The standard InChI is InChI=1S/C23H14ClF7N2OS2/c24-15-5-3-14(4-6-15)19-13-35-20(33(19)12-17-2-1-11-34-17)32-16-7-9-18(10-8-16)36-23(30,31)21(25,26)22(27,28)29/h1-11,13H,12H2. The van der Waals surface area contributed by atoms with Gasteiger partial charge < -0.3 is 8.98 Å². The van der Waals surface area contributed by atoms with Gasteiger partial charge in [-0.1, -0.05) is 23.7 Å². The summed E-state index contributed by atoms with van der Waals surface area (Å²) >= 11 is 6.40. The first-order valence-corrected chi connectivity index (χ1v) is 12.1. The second-order valence-corrected chi connectivity index (χ2v) is 9.83. The van der Waals surface area contributed by atoms with E-state index in [0.29, 0.717) is 22.1 Å². The Bertz CT molecular complexity index is 1380. The normalized spacial score (nSPS) is 13.4. The fourth-order valence-electron chi connectivity index (χ4n) is 3.06. The van der Waals surface area contributed by atoms with Gasteiger partial charge in [0.15, 0.2) is 4.80 Å². The van der Waals surface area contributed by atoms with E-state index < -0.39 is 34.0 Å². The summed E-state index contributed by atoms with van der Waals surface area (Å²) in [4.78, 5) is 4.53. The first kappa shape index (κ1) is 26.4. The Kier molecular flexibility index (Phi) is 7.31. The van der Waals surface area contributed by atoms with E-state index in [-0.39, 0.29) is 5.69 Å². The van der Waals surface area contributed by atoms with Crippen molar-refractivity contribution in [2.75, 3.05) is 0 Å². The molecule has 0 unspecified atom stereocenters. The summed E-state index contributed by atoms with van der Waals surface area (Å²) < 4.78 is 98.2. The van der Waals surface area contributed by atoms with Crippen LogP contribution in [0.25, 0.3) is 11.3 Å². The Hall–Kier alpha value is -2.70. The van der Waals surface area contributed by atoms with Crippen LogP contribution in [0, 0.1) is 0 Å². The van der Waals surface area contributed by atoms with Crippen molar-refractivity contribution in [2.24, 2.45) is 4.99 Å². The molecule has 0 amide bonds. The van der Waals surface area contributed by atoms with E-state index in [1.165, 1.54) is 29.7 Å². The molecular weight excluding hydrogens is 553 g/mol. The van der Waals surface area contributed by atoms with Crippen molar-refractivity contribution in [3.63, 3.8) is 0 Å². The summed E-state index contributed by atoms with van der Waals surface area (Å²) in [5, 5.41) is -2.97. The molecule has 0 fully saturated rings. The summed E-state index contributed by atoms with van der Waals surface area (Å²) in [6.45, 7) is 0.319. The number of aromatic nitrogens is 1. The Morgan fingerprint density at radius 3 is 2.17 bits per heavy atom. The molecule has 36 heavy (non-hydrogen) atoms. The molecule has 4 rings (SSSR count). The summed E-state index contributed by atoms with van der Waals surface area (Å²) in [5.74, 6) is -5.55. The van der Waals surface area contributed by atoms with E-state index in [0.717, 1.165) is 23.4 Å². The molecule has 13 heteroatoms. The zero-order chi connectivity index (χ0) is 26.1. The number of halogens is 8.